The topological polar surface area (TPSA) is 24.5 Å². The van der Waals surface area contributed by atoms with Crippen molar-refractivity contribution in [3.05, 3.63) is 33.8 Å². The number of rotatable bonds is 6. The summed E-state index contributed by atoms with van der Waals surface area (Å²) >= 11 is 12.4. The van der Waals surface area contributed by atoms with E-state index in [1.807, 2.05) is 25.2 Å². The molecule has 0 saturated carbocycles. The molecule has 0 aliphatic carbocycles. The summed E-state index contributed by atoms with van der Waals surface area (Å²) < 4.78 is 5.97. The van der Waals surface area contributed by atoms with Crippen molar-refractivity contribution >= 4 is 23.2 Å². The van der Waals surface area contributed by atoms with Gasteiger partial charge in [0.05, 0.1) is 22.8 Å². The molecule has 0 spiro atoms. The summed E-state index contributed by atoms with van der Waals surface area (Å²) in [5.41, 5.74) is 1.07. The lowest BCUT2D eigenvalue weighted by atomic mass is 10.00. The van der Waals surface area contributed by atoms with Crippen molar-refractivity contribution < 1.29 is 4.74 Å². The minimum absolute atomic E-state index is 0.186. The van der Waals surface area contributed by atoms with E-state index in [0.717, 1.165) is 38.2 Å². The van der Waals surface area contributed by atoms with Gasteiger partial charge in [-0.1, -0.05) is 42.3 Å². The van der Waals surface area contributed by atoms with Crippen LogP contribution in [0.3, 0.4) is 0 Å². The third kappa shape index (κ3) is 4.57. The van der Waals surface area contributed by atoms with Gasteiger partial charge >= 0.3 is 0 Å². The summed E-state index contributed by atoms with van der Waals surface area (Å²) in [6.07, 6.45) is 2.18. The van der Waals surface area contributed by atoms with Crippen LogP contribution in [0.1, 0.15) is 18.9 Å². The zero-order valence-electron chi connectivity index (χ0n) is 12.7. The van der Waals surface area contributed by atoms with E-state index in [4.69, 9.17) is 27.9 Å². The van der Waals surface area contributed by atoms with Gasteiger partial charge in [-0.3, -0.25) is 4.90 Å². The van der Waals surface area contributed by atoms with Crippen LogP contribution >= 0.6 is 23.2 Å². The molecule has 118 valence electrons. The summed E-state index contributed by atoms with van der Waals surface area (Å²) in [6, 6.07) is 6.04. The van der Waals surface area contributed by atoms with Crippen LogP contribution in [0.5, 0.6) is 0 Å². The summed E-state index contributed by atoms with van der Waals surface area (Å²) in [6.45, 7) is 6.14. The maximum Gasteiger partial charge on any atom is 0.0858 e. The number of hydrogen-bond acceptors (Lipinski definition) is 3. The van der Waals surface area contributed by atoms with E-state index >= 15 is 0 Å². The van der Waals surface area contributed by atoms with Crippen molar-refractivity contribution in [2.24, 2.45) is 0 Å². The van der Waals surface area contributed by atoms with Crippen LogP contribution in [0.25, 0.3) is 0 Å². The lowest BCUT2D eigenvalue weighted by molar-refractivity contribution is -0.0450. The summed E-state index contributed by atoms with van der Waals surface area (Å²) in [7, 11) is 1.98. The second-order valence-electron chi connectivity index (χ2n) is 5.52. The SMILES string of the molecule is CCCN1CCOC(C(Cc2cccc(Cl)c2Cl)NC)C1. The van der Waals surface area contributed by atoms with Crippen LogP contribution in [0.2, 0.25) is 10.0 Å². The van der Waals surface area contributed by atoms with Crippen molar-refractivity contribution in [2.75, 3.05) is 33.3 Å². The van der Waals surface area contributed by atoms with Crippen LogP contribution in [0, 0.1) is 0 Å². The molecule has 1 aliphatic rings. The number of likely N-dealkylation sites (N-methyl/N-ethyl adjacent to an activating group) is 1. The van der Waals surface area contributed by atoms with Crippen molar-refractivity contribution in [2.45, 2.75) is 31.9 Å². The molecule has 5 heteroatoms. The van der Waals surface area contributed by atoms with Gasteiger partial charge in [-0.05, 0) is 38.1 Å². The smallest absolute Gasteiger partial charge is 0.0858 e. The van der Waals surface area contributed by atoms with Crippen LogP contribution in [0.4, 0.5) is 0 Å². The molecule has 3 nitrogen and oxygen atoms in total. The van der Waals surface area contributed by atoms with E-state index in [-0.39, 0.29) is 12.1 Å². The fourth-order valence-corrected chi connectivity index (χ4v) is 3.25. The first-order valence-corrected chi connectivity index (χ1v) is 8.35. The third-order valence-electron chi connectivity index (χ3n) is 4.01. The number of benzene rings is 1. The summed E-state index contributed by atoms with van der Waals surface area (Å²) in [5.74, 6) is 0. The van der Waals surface area contributed by atoms with Crippen molar-refractivity contribution in [1.82, 2.24) is 10.2 Å². The monoisotopic (exact) mass is 330 g/mol. The zero-order valence-corrected chi connectivity index (χ0v) is 14.3. The molecule has 0 amide bonds. The highest BCUT2D eigenvalue weighted by molar-refractivity contribution is 6.42. The standard InChI is InChI=1S/C16H24Cl2N2O/c1-3-7-20-8-9-21-15(11-20)14(19-2)10-12-5-4-6-13(17)16(12)18/h4-6,14-15,19H,3,7-11H2,1-2H3. The molecular weight excluding hydrogens is 307 g/mol. The average Bonchev–Trinajstić information content (AvgIpc) is 2.49. The van der Waals surface area contributed by atoms with Crippen LogP contribution in [-0.2, 0) is 11.2 Å². The molecule has 1 saturated heterocycles. The fourth-order valence-electron chi connectivity index (χ4n) is 2.86. The Hall–Kier alpha value is -0.320. The summed E-state index contributed by atoms with van der Waals surface area (Å²) in [4.78, 5) is 2.47. The molecular formula is C16H24Cl2N2O. The van der Waals surface area contributed by atoms with E-state index < -0.39 is 0 Å². The Morgan fingerprint density at radius 2 is 2.24 bits per heavy atom. The first-order valence-electron chi connectivity index (χ1n) is 7.59. The number of nitrogens with zero attached hydrogens (tertiary/aromatic N) is 1. The number of halogens is 2. The molecule has 1 heterocycles. The van der Waals surface area contributed by atoms with Gasteiger partial charge in [0, 0.05) is 19.1 Å². The molecule has 1 N–H and O–H groups in total. The number of ether oxygens (including phenoxy) is 1. The lowest BCUT2D eigenvalue weighted by Gasteiger charge is -2.37. The lowest BCUT2D eigenvalue weighted by Crippen LogP contribution is -2.52. The van der Waals surface area contributed by atoms with E-state index in [0.29, 0.717) is 10.0 Å². The maximum atomic E-state index is 6.30. The number of nitrogens with one attached hydrogen (secondary N) is 1. The number of morpholine rings is 1. The first-order chi connectivity index (χ1) is 10.2. The largest absolute Gasteiger partial charge is 0.374 e. The molecule has 1 fully saturated rings. The Kier molecular flexibility index (Phi) is 6.77. The van der Waals surface area contributed by atoms with Crippen molar-refractivity contribution in [1.29, 1.82) is 0 Å². The normalized spacial score (nSPS) is 21.4. The predicted molar refractivity (Wildman–Crippen MR) is 89.5 cm³/mol. The van der Waals surface area contributed by atoms with Gasteiger partial charge in [-0.25, -0.2) is 0 Å². The minimum atomic E-state index is 0.186. The van der Waals surface area contributed by atoms with Gasteiger partial charge in [0.1, 0.15) is 0 Å². The van der Waals surface area contributed by atoms with E-state index in [2.05, 4.69) is 17.1 Å². The average molecular weight is 331 g/mol. The third-order valence-corrected chi connectivity index (χ3v) is 4.87. The molecule has 2 atom stereocenters. The quantitative estimate of drug-likeness (QED) is 0.866. The number of hydrogen-bond donors (Lipinski definition) is 1. The van der Waals surface area contributed by atoms with Crippen molar-refractivity contribution in [3.63, 3.8) is 0 Å². The zero-order chi connectivity index (χ0) is 15.2. The van der Waals surface area contributed by atoms with Gasteiger partial charge in [0.15, 0.2) is 0 Å². The minimum Gasteiger partial charge on any atom is -0.374 e. The molecule has 1 aromatic rings. The van der Waals surface area contributed by atoms with E-state index in [1.165, 1.54) is 6.42 Å². The predicted octanol–water partition coefficient (Wildman–Crippen LogP) is 3.23. The molecule has 2 rings (SSSR count). The van der Waals surface area contributed by atoms with Gasteiger partial charge in [-0.15, -0.1) is 0 Å². The Bertz CT molecular complexity index is 454. The van der Waals surface area contributed by atoms with Crippen LogP contribution in [-0.4, -0.2) is 50.3 Å². The highest BCUT2D eigenvalue weighted by Crippen LogP contribution is 2.27. The highest BCUT2D eigenvalue weighted by atomic mass is 35.5. The molecule has 1 aromatic carbocycles. The second kappa shape index (κ2) is 8.35. The Labute approximate surface area is 137 Å². The molecule has 0 aromatic heterocycles. The fraction of sp³-hybridized carbons (Fsp3) is 0.625. The highest BCUT2D eigenvalue weighted by Gasteiger charge is 2.27. The van der Waals surface area contributed by atoms with Gasteiger partial charge in [0.25, 0.3) is 0 Å². The molecule has 1 aliphatic heterocycles. The summed E-state index contributed by atoms with van der Waals surface area (Å²) in [5, 5.41) is 4.64. The Balaban J connectivity index is 2.03. The van der Waals surface area contributed by atoms with Crippen LogP contribution < -0.4 is 5.32 Å². The van der Waals surface area contributed by atoms with E-state index in [1.54, 1.807) is 0 Å². The van der Waals surface area contributed by atoms with Gasteiger partial charge in [-0.2, -0.15) is 0 Å². The molecule has 0 radical (unpaired) electrons. The van der Waals surface area contributed by atoms with Gasteiger partial charge in [0.2, 0.25) is 0 Å². The molecule has 0 bridgehead atoms. The maximum absolute atomic E-state index is 6.30. The molecule has 2 unspecified atom stereocenters. The van der Waals surface area contributed by atoms with E-state index in [9.17, 15) is 0 Å². The second-order valence-corrected chi connectivity index (χ2v) is 6.31. The van der Waals surface area contributed by atoms with Crippen LogP contribution in [0.15, 0.2) is 18.2 Å². The van der Waals surface area contributed by atoms with Gasteiger partial charge < -0.3 is 10.1 Å². The van der Waals surface area contributed by atoms with Crippen molar-refractivity contribution in [3.8, 4) is 0 Å². The molecule has 21 heavy (non-hydrogen) atoms. The Morgan fingerprint density at radius 3 is 2.95 bits per heavy atom. The first kappa shape index (κ1) is 17.0. The Morgan fingerprint density at radius 1 is 1.43 bits per heavy atom.